The fourth-order valence-electron chi connectivity index (χ4n) is 4.88. The second-order valence-electron chi connectivity index (χ2n) is 8.93. The van der Waals surface area contributed by atoms with Crippen molar-refractivity contribution < 1.29 is 4.74 Å². The van der Waals surface area contributed by atoms with E-state index >= 15 is 0 Å². The van der Waals surface area contributed by atoms with E-state index in [1.165, 1.54) is 19.3 Å². The summed E-state index contributed by atoms with van der Waals surface area (Å²) in [5.41, 5.74) is 3.73. The molecule has 1 aliphatic carbocycles. The minimum absolute atomic E-state index is 0.0251. The molecule has 5 rings (SSSR count). The summed E-state index contributed by atoms with van der Waals surface area (Å²) >= 11 is 0. The number of H-pyrrole nitrogens is 1. The van der Waals surface area contributed by atoms with Crippen LogP contribution in [0.4, 0.5) is 0 Å². The number of ether oxygens (including phenoxy) is 1. The van der Waals surface area contributed by atoms with Crippen molar-refractivity contribution in [3.8, 4) is 5.88 Å². The van der Waals surface area contributed by atoms with Crippen LogP contribution in [0.1, 0.15) is 74.0 Å². The molecule has 7 nitrogen and oxygen atoms in total. The molecule has 31 heavy (non-hydrogen) atoms. The number of nitrogens with zero attached hydrogens (tertiary/aromatic N) is 4. The van der Waals surface area contributed by atoms with Crippen LogP contribution in [0, 0.1) is 0 Å². The Bertz CT molecular complexity index is 1010. The van der Waals surface area contributed by atoms with Gasteiger partial charge in [-0.15, -0.1) is 0 Å². The Morgan fingerprint density at radius 3 is 2.87 bits per heavy atom. The molecule has 1 N–H and O–H groups in total. The van der Waals surface area contributed by atoms with Crippen LogP contribution in [0.5, 0.6) is 5.88 Å². The van der Waals surface area contributed by atoms with Gasteiger partial charge in [0.2, 0.25) is 5.88 Å². The number of fused-ring (bicyclic) bond motifs is 1. The summed E-state index contributed by atoms with van der Waals surface area (Å²) in [6, 6.07) is 4.06. The molecule has 0 atom stereocenters. The van der Waals surface area contributed by atoms with E-state index in [1.807, 2.05) is 6.07 Å². The van der Waals surface area contributed by atoms with Gasteiger partial charge in [0.25, 0.3) is 5.56 Å². The van der Waals surface area contributed by atoms with Gasteiger partial charge in [-0.05, 0) is 51.0 Å². The second-order valence-corrected chi connectivity index (χ2v) is 8.93. The second kappa shape index (κ2) is 9.30. The first-order chi connectivity index (χ1) is 15.3. The van der Waals surface area contributed by atoms with Crippen LogP contribution in [0.15, 0.2) is 28.1 Å². The van der Waals surface area contributed by atoms with Crippen LogP contribution in [0.3, 0.4) is 0 Å². The van der Waals surface area contributed by atoms with Crippen molar-refractivity contribution in [1.29, 1.82) is 0 Å². The molecular formula is C24H31N5O2. The fourth-order valence-corrected chi connectivity index (χ4v) is 4.88. The monoisotopic (exact) mass is 421 g/mol. The molecule has 0 spiro atoms. The molecule has 3 aliphatic rings. The van der Waals surface area contributed by atoms with Crippen LogP contribution in [-0.4, -0.2) is 44.8 Å². The largest absolute Gasteiger partial charge is 0.474 e. The molecule has 4 heterocycles. The Morgan fingerprint density at radius 1 is 1.13 bits per heavy atom. The summed E-state index contributed by atoms with van der Waals surface area (Å²) < 4.78 is 6.27. The average molecular weight is 422 g/mol. The maximum atomic E-state index is 12.8. The molecule has 7 heteroatoms. The average Bonchev–Trinajstić information content (AvgIpc) is 2.82. The fraction of sp³-hybridized carbons (Fsp3) is 0.583. The molecule has 2 aromatic rings. The lowest BCUT2D eigenvalue weighted by Crippen LogP contribution is -2.36. The number of hydrogen-bond acceptors (Lipinski definition) is 6. The highest BCUT2D eigenvalue weighted by Crippen LogP contribution is 2.26. The van der Waals surface area contributed by atoms with Crippen LogP contribution >= 0.6 is 0 Å². The third-order valence-electron chi connectivity index (χ3n) is 6.62. The topological polar surface area (TPSA) is 83.5 Å². The van der Waals surface area contributed by atoms with Gasteiger partial charge in [0.05, 0.1) is 17.0 Å². The summed E-state index contributed by atoms with van der Waals surface area (Å²) in [7, 11) is 0. The Morgan fingerprint density at radius 2 is 2.03 bits per heavy atom. The molecular weight excluding hydrogens is 390 g/mol. The highest BCUT2D eigenvalue weighted by atomic mass is 16.5. The molecule has 0 bridgehead atoms. The molecule has 2 aliphatic heterocycles. The van der Waals surface area contributed by atoms with Gasteiger partial charge >= 0.3 is 0 Å². The smallest absolute Gasteiger partial charge is 0.255 e. The Balaban J connectivity index is 1.30. The van der Waals surface area contributed by atoms with E-state index in [2.05, 4.69) is 25.9 Å². The third kappa shape index (κ3) is 4.71. The van der Waals surface area contributed by atoms with Crippen molar-refractivity contribution in [3.63, 3.8) is 0 Å². The number of rotatable bonds is 5. The molecule has 0 amide bonds. The molecule has 164 valence electrons. The molecule has 0 aromatic carbocycles. The number of nitrogens with one attached hydrogen (secondary N) is 1. The van der Waals surface area contributed by atoms with Crippen LogP contribution < -0.4 is 10.3 Å². The zero-order chi connectivity index (χ0) is 21.0. The molecule has 0 saturated heterocycles. The lowest BCUT2D eigenvalue weighted by Gasteiger charge is -2.29. The lowest BCUT2D eigenvalue weighted by molar-refractivity contribution is 0.143. The Kier molecular flexibility index (Phi) is 6.11. The maximum Gasteiger partial charge on any atom is 0.255 e. The first-order valence-corrected chi connectivity index (χ1v) is 11.7. The quantitative estimate of drug-likeness (QED) is 0.800. The normalized spacial score (nSPS) is 20.2. The standard InChI is InChI=1S/C24H31N5O2/c30-23-19-16-29(14-11-20(19)27-22(28-23)21-10-4-5-12-25-21)15-17-7-6-13-26-24(17)31-18-8-2-1-3-9-18/h6-7,13,18H,1-5,8-12,14-16H2,(H,27,28,30). The first-order valence-electron chi connectivity index (χ1n) is 11.7. The number of pyridine rings is 1. The van der Waals surface area contributed by atoms with Gasteiger partial charge in [-0.25, -0.2) is 9.97 Å². The van der Waals surface area contributed by atoms with Crippen molar-refractivity contribution in [2.75, 3.05) is 13.1 Å². The summed E-state index contributed by atoms with van der Waals surface area (Å²) in [6.07, 6.45) is 12.0. The zero-order valence-corrected chi connectivity index (χ0v) is 18.1. The third-order valence-corrected chi connectivity index (χ3v) is 6.62. The maximum absolute atomic E-state index is 12.8. The van der Waals surface area contributed by atoms with Gasteiger partial charge in [-0.3, -0.25) is 14.7 Å². The summed E-state index contributed by atoms with van der Waals surface area (Å²) in [5, 5.41) is 0. The zero-order valence-electron chi connectivity index (χ0n) is 18.1. The van der Waals surface area contributed by atoms with Gasteiger partial charge in [0, 0.05) is 44.4 Å². The van der Waals surface area contributed by atoms with E-state index in [-0.39, 0.29) is 11.7 Å². The van der Waals surface area contributed by atoms with Crippen molar-refractivity contribution in [2.45, 2.75) is 77.0 Å². The van der Waals surface area contributed by atoms with Gasteiger partial charge < -0.3 is 9.72 Å². The van der Waals surface area contributed by atoms with Crippen LogP contribution in [0.2, 0.25) is 0 Å². The first kappa shape index (κ1) is 20.4. The van der Waals surface area contributed by atoms with Crippen LogP contribution in [0.25, 0.3) is 0 Å². The lowest BCUT2D eigenvalue weighted by atomic mass is 9.98. The van der Waals surface area contributed by atoms with Gasteiger partial charge in [-0.1, -0.05) is 12.5 Å². The summed E-state index contributed by atoms with van der Waals surface area (Å²) in [5.74, 6) is 1.42. The van der Waals surface area contributed by atoms with E-state index in [9.17, 15) is 4.79 Å². The number of aliphatic imine (C=N–C) groups is 1. The Hall–Kier alpha value is -2.54. The van der Waals surface area contributed by atoms with E-state index < -0.39 is 0 Å². The summed E-state index contributed by atoms with van der Waals surface area (Å²) in [6.45, 7) is 3.03. The predicted octanol–water partition coefficient (Wildman–Crippen LogP) is 3.41. The molecule has 1 fully saturated rings. The SMILES string of the molecule is O=c1[nH]c(C2=NCCCC2)nc2c1CN(Cc1cccnc1OC1CCCCC1)CC2. The molecule has 0 unspecified atom stereocenters. The Labute approximate surface area is 183 Å². The van der Waals surface area contributed by atoms with Gasteiger partial charge in [0.15, 0.2) is 5.82 Å². The molecule has 1 saturated carbocycles. The highest BCUT2D eigenvalue weighted by molar-refractivity contribution is 5.97. The highest BCUT2D eigenvalue weighted by Gasteiger charge is 2.24. The summed E-state index contributed by atoms with van der Waals surface area (Å²) in [4.78, 5) is 32.0. The van der Waals surface area contributed by atoms with Crippen molar-refractivity contribution in [3.05, 3.63) is 51.3 Å². The molecule has 0 radical (unpaired) electrons. The van der Waals surface area contributed by atoms with E-state index in [4.69, 9.17) is 9.72 Å². The van der Waals surface area contributed by atoms with Crippen molar-refractivity contribution >= 4 is 5.71 Å². The van der Waals surface area contributed by atoms with E-state index in [0.717, 1.165) is 86.6 Å². The van der Waals surface area contributed by atoms with Gasteiger partial charge in [-0.2, -0.15) is 0 Å². The minimum Gasteiger partial charge on any atom is -0.474 e. The number of hydrogen-bond donors (Lipinski definition) is 1. The molecule has 2 aromatic heterocycles. The predicted molar refractivity (Wildman–Crippen MR) is 120 cm³/mol. The van der Waals surface area contributed by atoms with Crippen molar-refractivity contribution in [1.82, 2.24) is 19.9 Å². The van der Waals surface area contributed by atoms with Gasteiger partial charge in [0.1, 0.15) is 6.10 Å². The number of aromatic nitrogens is 3. The van der Waals surface area contributed by atoms with Crippen LogP contribution in [-0.2, 0) is 19.5 Å². The van der Waals surface area contributed by atoms with E-state index in [1.54, 1.807) is 6.20 Å². The van der Waals surface area contributed by atoms with E-state index in [0.29, 0.717) is 12.4 Å². The minimum atomic E-state index is -0.0251. The number of aromatic amines is 1. The van der Waals surface area contributed by atoms with Crippen molar-refractivity contribution in [2.24, 2.45) is 4.99 Å².